The summed E-state index contributed by atoms with van der Waals surface area (Å²) in [4.78, 5) is 12.9. The van der Waals surface area contributed by atoms with E-state index in [-0.39, 0.29) is 5.91 Å². The molecule has 0 spiro atoms. The molecule has 0 radical (unpaired) electrons. The monoisotopic (exact) mass is 186 g/mol. The molecule has 0 aromatic rings. The summed E-state index contributed by atoms with van der Waals surface area (Å²) in [6.07, 6.45) is 0. The van der Waals surface area contributed by atoms with Gasteiger partial charge in [0.1, 0.15) is 0 Å². The van der Waals surface area contributed by atoms with Crippen LogP contribution in [0.1, 0.15) is 13.8 Å². The van der Waals surface area contributed by atoms with Crippen molar-refractivity contribution < 1.29 is 9.53 Å². The molecule has 1 aliphatic heterocycles. The molecular formula is C9H18N2O2. The molecule has 76 valence electrons. The van der Waals surface area contributed by atoms with Gasteiger partial charge in [0.05, 0.1) is 13.2 Å². The van der Waals surface area contributed by atoms with E-state index in [4.69, 9.17) is 4.74 Å². The molecule has 0 saturated carbocycles. The first-order valence-electron chi connectivity index (χ1n) is 4.76. The fraction of sp³-hybridized carbons (Fsp3) is 0.889. The topological polar surface area (TPSA) is 41.6 Å². The number of morpholine rings is 1. The predicted molar refractivity (Wildman–Crippen MR) is 50.5 cm³/mol. The summed E-state index contributed by atoms with van der Waals surface area (Å²) in [5.41, 5.74) is 0. The maximum absolute atomic E-state index is 10.6. The van der Waals surface area contributed by atoms with Gasteiger partial charge in [-0.1, -0.05) is 0 Å². The SMILES string of the molecule is CC(=O)NCCN1CCOC[C@H]1C. The van der Waals surface area contributed by atoms with Crippen molar-refractivity contribution in [2.24, 2.45) is 0 Å². The molecule has 0 aliphatic carbocycles. The maximum atomic E-state index is 10.6. The number of rotatable bonds is 3. The van der Waals surface area contributed by atoms with E-state index in [0.29, 0.717) is 6.04 Å². The highest BCUT2D eigenvalue weighted by Gasteiger charge is 2.17. The van der Waals surface area contributed by atoms with Gasteiger partial charge in [0.2, 0.25) is 5.91 Å². The lowest BCUT2D eigenvalue weighted by Crippen LogP contribution is -2.46. The zero-order chi connectivity index (χ0) is 9.68. The smallest absolute Gasteiger partial charge is 0.216 e. The van der Waals surface area contributed by atoms with Crippen molar-refractivity contribution in [1.29, 1.82) is 0 Å². The lowest BCUT2D eigenvalue weighted by molar-refractivity contribution is -0.119. The van der Waals surface area contributed by atoms with Crippen molar-refractivity contribution in [2.45, 2.75) is 19.9 Å². The second-order valence-corrected chi connectivity index (χ2v) is 3.44. The van der Waals surface area contributed by atoms with E-state index in [1.165, 1.54) is 0 Å². The summed E-state index contributed by atoms with van der Waals surface area (Å²) >= 11 is 0. The van der Waals surface area contributed by atoms with Crippen molar-refractivity contribution in [3.05, 3.63) is 0 Å². The second kappa shape index (κ2) is 5.19. The van der Waals surface area contributed by atoms with E-state index in [2.05, 4.69) is 17.1 Å². The highest BCUT2D eigenvalue weighted by Crippen LogP contribution is 2.04. The first-order valence-corrected chi connectivity index (χ1v) is 4.76. The molecule has 1 aliphatic rings. The van der Waals surface area contributed by atoms with Crippen molar-refractivity contribution in [2.75, 3.05) is 32.8 Å². The highest BCUT2D eigenvalue weighted by atomic mass is 16.5. The zero-order valence-corrected chi connectivity index (χ0v) is 8.38. The van der Waals surface area contributed by atoms with E-state index in [1.54, 1.807) is 6.92 Å². The third-order valence-corrected chi connectivity index (χ3v) is 2.28. The van der Waals surface area contributed by atoms with E-state index in [9.17, 15) is 4.79 Å². The third-order valence-electron chi connectivity index (χ3n) is 2.28. The third kappa shape index (κ3) is 3.74. The zero-order valence-electron chi connectivity index (χ0n) is 8.38. The van der Waals surface area contributed by atoms with Gasteiger partial charge in [-0.15, -0.1) is 0 Å². The molecule has 4 heteroatoms. The van der Waals surface area contributed by atoms with Gasteiger partial charge in [-0.05, 0) is 6.92 Å². The Morgan fingerprint density at radius 1 is 1.69 bits per heavy atom. The number of hydrogen-bond donors (Lipinski definition) is 1. The van der Waals surface area contributed by atoms with Crippen LogP contribution in [0.25, 0.3) is 0 Å². The van der Waals surface area contributed by atoms with Gasteiger partial charge in [0.25, 0.3) is 0 Å². The Kier molecular flexibility index (Phi) is 4.18. The van der Waals surface area contributed by atoms with Crippen LogP contribution in [0.4, 0.5) is 0 Å². The van der Waals surface area contributed by atoms with Crippen molar-refractivity contribution >= 4 is 5.91 Å². The summed E-state index contributed by atoms with van der Waals surface area (Å²) < 4.78 is 5.31. The Labute approximate surface area is 79.2 Å². The van der Waals surface area contributed by atoms with Crippen molar-refractivity contribution in [3.8, 4) is 0 Å². The lowest BCUT2D eigenvalue weighted by Gasteiger charge is -2.33. The van der Waals surface area contributed by atoms with Crippen LogP contribution in [-0.4, -0.2) is 49.7 Å². The highest BCUT2D eigenvalue weighted by molar-refractivity contribution is 5.72. The van der Waals surface area contributed by atoms with Gasteiger partial charge >= 0.3 is 0 Å². The summed E-state index contributed by atoms with van der Waals surface area (Å²) in [5, 5.41) is 2.79. The number of hydrogen-bond acceptors (Lipinski definition) is 3. The van der Waals surface area contributed by atoms with Crippen LogP contribution >= 0.6 is 0 Å². The van der Waals surface area contributed by atoms with Gasteiger partial charge < -0.3 is 10.1 Å². The Morgan fingerprint density at radius 3 is 3.08 bits per heavy atom. The first-order chi connectivity index (χ1) is 6.20. The number of carbonyl (C=O) groups is 1. The van der Waals surface area contributed by atoms with Gasteiger partial charge in [0, 0.05) is 32.6 Å². The molecule has 1 amide bonds. The van der Waals surface area contributed by atoms with Crippen LogP contribution in [0, 0.1) is 0 Å². The molecule has 1 fully saturated rings. The summed E-state index contributed by atoms with van der Waals surface area (Å²) in [7, 11) is 0. The minimum Gasteiger partial charge on any atom is -0.379 e. The van der Waals surface area contributed by atoms with Gasteiger partial charge in [-0.2, -0.15) is 0 Å². The van der Waals surface area contributed by atoms with Gasteiger partial charge in [-0.25, -0.2) is 0 Å². The van der Waals surface area contributed by atoms with Crippen LogP contribution in [0.2, 0.25) is 0 Å². The molecule has 1 atom stereocenters. The first kappa shape index (κ1) is 10.5. The average molecular weight is 186 g/mol. The normalized spacial score (nSPS) is 24.3. The van der Waals surface area contributed by atoms with Crippen molar-refractivity contribution in [1.82, 2.24) is 10.2 Å². The predicted octanol–water partition coefficient (Wildman–Crippen LogP) is -0.157. The van der Waals surface area contributed by atoms with E-state index >= 15 is 0 Å². The molecule has 1 saturated heterocycles. The van der Waals surface area contributed by atoms with E-state index in [1.807, 2.05) is 0 Å². The molecule has 1 rings (SSSR count). The Morgan fingerprint density at radius 2 is 2.46 bits per heavy atom. The lowest BCUT2D eigenvalue weighted by atomic mass is 10.2. The standard InChI is InChI=1S/C9H18N2O2/c1-8-7-13-6-5-11(8)4-3-10-9(2)12/h8H,3-7H2,1-2H3,(H,10,12)/t8-/m1/s1. The Bertz CT molecular complexity index is 173. The van der Waals surface area contributed by atoms with Crippen LogP contribution in [0.5, 0.6) is 0 Å². The van der Waals surface area contributed by atoms with Crippen molar-refractivity contribution in [3.63, 3.8) is 0 Å². The van der Waals surface area contributed by atoms with Crippen LogP contribution in [0.3, 0.4) is 0 Å². The summed E-state index contributed by atoms with van der Waals surface area (Å²) in [6.45, 7) is 7.94. The molecule has 0 unspecified atom stereocenters. The molecule has 0 aromatic heterocycles. The summed E-state index contributed by atoms with van der Waals surface area (Å²) in [5.74, 6) is 0.0425. The molecule has 0 aromatic carbocycles. The van der Waals surface area contributed by atoms with Crippen LogP contribution in [-0.2, 0) is 9.53 Å². The molecular weight excluding hydrogens is 168 g/mol. The average Bonchev–Trinajstić information content (AvgIpc) is 2.08. The molecule has 1 N–H and O–H groups in total. The number of carbonyl (C=O) groups excluding carboxylic acids is 1. The van der Waals surface area contributed by atoms with Crippen LogP contribution < -0.4 is 5.32 Å². The van der Waals surface area contributed by atoms with Gasteiger partial charge in [-0.3, -0.25) is 9.69 Å². The Balaban J connectivity index is 2.15. The van der Waals surface area contributed by atoms with Crippen LogP contribution in [0.15, 0.2) is 0 Å². The largest absolute Gasteiger partial charge is 0.379 e. The number of amides is 1. The number of nitrogens with one attached hydrogen (secondary N) is 1. The maximum Gasteiger partial charge on any atom is 0.216 e. The number of nitrogens with zero attached hydrogens (tertiary/aromatic N) is 1. The molecule has 13 heavy (non-hydrogen) atoms. The minimum absolute atomic E-state index is 0.0425. The fourth-order valence-corrected chi connectivity index (χ4v) is 1.47. The number of ether oxygens (including phenoxy) is 1. The van der Waals surface area contributed by atoms with E-state index < -0.39 is 0 Å². The molecule has 1 heterocycles. The second-order valence-electron chi connectivity index (χ2n) is 3.44. The fourth-order valence-electron chi connectivity index (χ4n) is 1.47. The summed E-state index contributed by atoms with van der Waals surface area (Å²) in [6, 6.07) is 0.475. The van der Waals surface area contributed by atoms with Gasteiger partial charge in [0.15, 0.2) is 0 Å². The Hall–Kier alpha value is -0.610. The van der Waals surface area contributed by atoms with E-state index in [0.717, 1.165) is 32.8 Å². The minimum atomic E-state index is 0.0425. The molecule has 0 bridgehead atoms. The quantitative estimate of drug-likeness (QED) is 0.666. The molecule has 4 nitrogen and oxygen atoms in total.